The first-order chi connectivity index (χ1) is 10.5. The maximum absolute atomic E-state index is 12.1. The van der Waals surface area contributed by atoms with E-state index in [1.165, 1.54) is 10.8 Å². The smallest absolute Gasteiger partial charge is 0.293 e. The monoisotopic (exact) mass is 340 g/mol. The molecule has 1 N–H and O–H groups in total. The van der Waals surface area contributed by atoms with Gasteiger partial charge < -0.3 is 14.6 Å². The number of nitrogens with zero attached hydrogens (tertiary/aromatic N) is 1. The minimum Gasteiger partial charge on any atom is -0.488 e. The molecule has 2 rings (SSSR count). The molecule has 1 aromatic heterocycles. The fourth-order valence-corrected chi connectivity index (χ4v) is 2.20. The van der Waals surface area contributed by atoms with Crippen molar-refractivity contribution in [3.63, 3.8) is 0 Å². The van der Waals surface area contributed by atoms with Gasteiger partial charge in [0.25, 0.3) is 5.56 Å². The molecule has 2 aromatic rings. The van der Waals surface area contributed by atoms with Gasteiger partial charge in [-0.2, -0.15) is 0 Å². The molecule has 0 aliphatic heterocycles. The summed E-state index contributed by atoms with van der Waals surface area (Å²) in [6.45, 7) is 2.01. The number of carbonyl (C=O) groups is 1. The largest absolute Gasteiger partial charge is 0.488 e. The van der Waals surface area contributed by atoms with Crippen molar-refractivity contribution in [3.05, 3.63) is 56.9 Å². The van der Waals surface area contributed by atoms with Gasteiger partial charge in [-0.25, -0.2) is 0 Å². The Morgan fingerprint density at radius 2 is 2.05 bits per heavy atom. The quantitative estimate of drug-likeness (QED) is 0.909. The second-order valence-electron chi connectivity index (χ2n) is 4.39. The van der Waals surface area contributed by atoms with E-state index in [1.54, 1.807) is 37.3 Å². The van der Waals surface area contributed by atoms with E-state index < -0.39 is 0 Å². The third-order valence-corrected chi connectivity index (χ3v) is 3.64. The highest BCUT2D eigenvalue weighted by atomic mass is 35.5. The van der Waals surface area contributed by atoms with Crippen molar-refractivity contribution in [2.75, 3.05) is 11.9 Å². The molecular formula is C15H14Cl2N2O3. The number of ether oxygens (including phenoxy) is 1. The topological polar surface area (TPSA) is 60.3 Å². The number of halogens is 2. The minimum atomic E-state index is -0.389. The molecule has 0 radical (unpaired) electrons. The maximum atomic E-state index is 12.1. The number of pyridine rings is 1. The molecule has 1 aromatic carbocycles. The zero-order chi connectivity index (χ0) is 16.1. The first-order valence-corrected chi connectivity index (χ1v) is 7.34. The van der Waals surface area contributed by atoms with Crippen molar-refractivity contribution >= 4 is 34.8 Å². The third-order valence-electron chi connectivity index (χ3n) is 2.82. The van der Waals surface area contributed by atoms with Gasteiger partial charge >= 0.3 is 0 Å². The molecule has 0 aliphatic carbocycles. The molecule has 22 heavy (non-hydrogen) atoms. The Bertz CT molecular complexity index is 744. The summed E-state index contributed by atoms with van der Waals surface area (Å²) >= 11 is 11.9. The molecule has 0 aliphatic rings. The van der Waals surface area contributed by atoms with Crippen LogP contribution >= 0.6 is 23.2 Å². The van der Waals surface area contributed by atoms with Crippen LogP contribution in [0, 0.1) is 0 Å². The molecule has 0 bridgehead atoms. The molecule has 0 atom stereocenters. The summed E-state index contributed by atoms with van der Waals surface area (Å²) in [4.78, 5) is 24.1. The molecule has 0 unspecified atom stereocenters. The van der Waals surface area contributed by atoms with E-state index in [0.29, 0.717) is 17.3 Å². The predicted octanol–water partition coefficient (Wildman–Crippen LogP) is 3.19. The van der Waals surface area contributed by atoms with E-state index in [0.717, 1.165) is 0 Å². The molecule has 0 fully saturated rings. The van der Waals surface area contributed by atoms with Crippen LogP contribution in [0.25, 0.3) is 0 Å². The average Bonchev–Trinajstić information content (AvgIpc) is 2.48. The lowest BCUT2D eigenvalue weighted by Crippen LogP contribution is -2.28. The van der Waals surface area contributed by atoms with Gasteiger partial charge in [0.05, 0.1) is 22.3 Å². The zero-order valence-corrected chi connectivity index (χ0v) is 13.3. The first-order valence-electron chi connectivity index (χ1n) is 6.59. The lowest BCUT2D eigenvalue weighted by molar-refractivity contribution is -0.116. The molecule has 7 heteroatoms. The molecule has 0 saturated carbocycles. The van der Waals surface area contributed by atoms with Gasteiger partial charge in [-0.1, -0.05) is 29.3 Å². The van der Waals surface area contributed by atoms with E-state index in [-0.39, 0.29) is 28.8 Å². The Kier molecular flexibility index (Phi) is 5.46. The van der Waals surface area contributed by atoms with Crippen molar-refractivity contribution in [1.29, 1.82) is 0 Å². The summed E-state index contributed by atoms with van der Waals surface area (Å²) in [6, 6.07) is 8.13. The number of amides is 1. The molecule has 1 heterocycles. The van der Waals surface area contributed by atoms with Crippen LogP contribution in [0.15, 0.2) is 41.3 Å². The number of anilines is 1. The molecule has 0 spiro atoms. The van der Waals surface area contributed by atoms with Gasteiger partial charge in [0.2, 0.25) is 5.91 Å². The molecule has 5 nitrogen and oxygen atoms in total. The van der Waals surface area contributed by atoms with Crippen molar-refractivity contribution in [1.82, 2.24) is 4.57 Å². The van der Waals surface area contributed by atoms with Gasteiger partial charge in [-0.05, 0) is 31.2 Å². The van der Waals surface area contributed by atoms with E-state index in [2.05, 4.69) is 5.32 Å². The Morgan fingerprint density at radius 1 is 1.27 bits per heavy atom. The highest BCUT2D eigenvalue weighted by Gasteiger charge is 2.11. The number of rotatable bonds is 5. The van der Waals surface area contributed by atoms with Crippen LogP contribution in [0.5, 0.6) is 5.75 Å². The number of hydrogen-bond donors (Lipinski definition) is 1. The number of benzene rings is 1. The van der Waals surface area contributed by atoms with Crippen LogP contribution in [-0.2, 0) is 11.3 Å². The predicted molar refractivity (Wildman–Crippen MR) is 87.0 cm³/mol. The number of carbonyl (C=O) groups excluding carboxylic acids is 1. The van der Waals surface area contributed by atoms with Crippen molar-refractivity contribution < 1.29 is 9.53 Å². The van der Waals surface area contributed by atoms with Crippen molar-refractivity contribution in [3.8, 4) is 5.75 Å². The SMILES string of the molecule is CCOc1cccn(CC(=O)Nc2cccc(Cl)c2Cl)c1=O. The van der Waals surface area contributed by atoms with E-state index in [9.17, 15) is 9.59 Å². The number of hydrogen-bond acceptors (Lipinski definition) is 3. The maximum Gasteiger partial charge on any atom is 0.293 e. The van der Waals surface area contributed by atoms with Gasteiger partial charge in [-0.15, -0.1) is 0 Å². The Labute approximate surface area is 137 Å². The summed E-state index contributed by atoms with van der Waals surface area (Å²) < 4.78 is 6.47. The van der Waals surface area contributed by atoms with Gasteiger partial charge in [0.1, 0.15) is 6.54 Å². The normalized spacial score (nSPS) is 10.3. The van der Waals surface area contributed by atoms with Gasteiger partial charge in [0, 0.05) is 6.20 Å². The summed E-state index contributed by atoms with van der Waals surface area (Å²) in [5.41, 5.74) is 0.0323. The van der Waals surface area contributed by atoms with Gasteiger partial charge in [-0.3, -0.25) is 9.59 Å². The standard InChI is InChI=1S/C15H14Cl2N2O3/c1-2-22-12-7-4-8-19(15(12)21)9-13(20)18-11-6-3-5-10(16)14(11)17/h3-8H,2,9H2,1H3,(H,18,20). The number of aromatic nitrogens is 1. The minimum absolute atomic E-state index is 0.150. The summed E-state index contributed by atoms with van der Waals surface area (Å²) in [5.74, 6) is -0.182. The summed E-state index contributed by atoms with van der Waals surface area (Å²) in [7, 11) is 0. The van der Waals surface area contributed by atoms with Crippen molar-refractivity contribution in [2.45, 2.75) is 13.5 Å². The summed E-state index contributed by atoms with van der Waals surface area (Å²) in [6.07, 6.45) is 1.52. The van der Waals surface area contributed by atoms with E-state index in [4.69, 9.17) is 27.9 Å². The Morgan fingerprint density at radius 3 is 2.77 bits per heavy atom. The lowest BCUT2D eigenvalue weighted by Gasteiger charge is -2.10. The van der Waals surface area contributed by atoms with Crippen molar-refractivity contribution in [2.24, 2.45) is 0 Å². The summed E-state index contributed by atoms with van der Waals surface area (Å²) in [5, 5.41) is 3.22. The molecule has 1 amide bonds. The van der Waals surface area contributed by atoms with Crippen LogP contribution in [0.3, 0.4) is 0 Å². The Hall–Kier alpha value is -1.98. The highest BCUT2D eigenvalue weighted by Crippen LogP contribution is 2.29. The molecular weight excluding hydrogens is 327 g/mol. The highest BCUT2D eigenvalue weighted by molar-refractivity contribution is 6.43. The van der Waals surface area contributed by atoms with Crippen LogP contribution in [-0.4, -0.2) is 17.1 Å². The second kappa shape index (κ2) is 7.33. The zero-order valence-electron chi connectivity index (χ0n) is 11.8. The lowest BCUT2D eigenvalue weighted by atomic mass is 10.3. The molecule has 0 saturated heterocycles. The first kappa shape index (κ1) is 16.4. The fraction of sp³-hybridized carbons (Fsp3) is 0.200. The van der Waals surface area contributed by atoms with Crippen LogP contribution in [0.4, 0.5) is 5.69 Å². The van der Waals surface area contributed by atoms with Crippen LogP contribution < -0.4 is 15.6 Å². The fourth-order valence-electron chi connectivity index (χ4n) is 1.85. The molecule has 116 valence electrons. The second-order valence-corrected chi connectivity index (χ2v) is 5.17. The third kappa shape index (κ3) is 3.81. The average molecular weight is 341 g/mol. The Balaban J connectivity index is 2.14. The van der Waals surface area contributed by atoms with E-state index in [1.807, 2.05) is 0 Å². The number of nitrogens with one attached hydrogen (secondary N) is 1. The van der Waals surface area contributed by atoms with Gasteiger partial charge in [0.15, 0.2) is 5.75 Å². The van der Waals surface area contributed by atoms with E-state index >= 15 is 0 Å². The van der Waals surface area contributed by atoms with Crippen LogP contribution in [0.2, 0.25) is 10.0 Å². The van der Waals surface area contributed by atoms with Crippen LogP contribution in [0.1, 0.15) is 6.92 Å².